The Morgan fingerprint density at radius 1 is 1.26 bits per heavy atom. The standard InChI is InChI=1S/C13H14F3NO2/c1-19-13(18)11-4-2-3-10(17-11)7-5-8(14)12(16)9(15)6-7/h5-6,10-11,17H,2-4H2,1H3. The lowest BCUT2D eigenvalue weighted by Crippen LogP contribution is -2.43. The molecule has 1 heterocycles. The first-order valence-corrected chi connectivity index (χ1v) is 6.01. The van der Waals surface area contributed by atoms with Crippen LogP contribution in [-0.2, 0) is 9.53 Å². The van der Waals surface area contributed by atoms with Gasteiger partial charge < -0.3 is 4.74 Å². The molecule has 0 aliphatic carbocycles. The minimum atomic E-state index is -1.48. The van der Waals surface area contributed by atoms with Crippen molar-refractivity contribution in [3.05, 3.63) is 35.1 Å². The van der Waals surface area contributed by atoms with Crippen molar-refractivity contribution in [2.45, 2.75) is 31.3 Å². The number of esters is 1. The molecule has 1 aliphatic heterocycles. The Hall–Kier alpha value is -1.56. The van der Waals surface area contributed by atoms with E-state index < -0.39 is 29.5 Å². The van der Waals surface area contributed by atoms with Crippen LogP contribution in [0.5, 0.6) is 0 Å². The molecule has 2 rings (SSSR count). The summed E-state index contributed by atoms with van der Waals surface area (Å²) >= 11 is 0. The Bertz CT molecular complexity index is 470. The van der Waals surface area contributed by atoms with Crippen LogP contribution in [-0.4, -0.2) is 19.1 Å². The number of ether oxygens (including phenoxy) is 1. The van der Waals surface area contributed by atoms with Crippen LogP contribution in [0.3, 0.4) is 0 Å². The lowest BCUT2D eigenvalue weighted by Gasteiger charge is -2.29. The number of nitrogens with one attached hydrogen (secondary N) is 1. The van der Waals surface area contributed by atoms with E-state index in [1.54, 1.807) is 0 Å². The molecule has 0 saturated carbocycles. The summed E-state index contributed by atoms with van der Waals surface area (Å²) in [6, 6.07) is 1.02. The van der Waals surface area contributed by atoms with Gasteiger partial charge in [-0.05, 0) is 37.0 Å². The molecule has 3 nitrogen and oxygen atoms in total. The lowest BCUT2D eigenvalue weighted by atomic mass is 9.93. The fraction of sp³-hybridized carbons (Fsp3) is 0.462. The predicted octanol–water partition coefficient (Wildman–Crippen LogP) is 2.46. The van der Waals surface area contributed by atoms with Gasteiger partial charge in [0.05, 0.1) is 7.11 Å². The molecule has 2 atom stereocenters. The number of carbonyl (C=O) groups excluding carboxylic acids is 1. The van der Waals surface area contributed by atoms with Crippen molar-refractivity contribution >= 4 is 5.97 Å². The van der Waals surface area contributed by atoms with E-state index >= 15 is 0 Å². The normalized spacial score (nSPS) is 23.2. The maximum atomic E-state index is 13.2. The van der Waals surface area contributed by atoms with Crippen molar-refractivity contribution in [2.24, 2.45) is 0 Å². The van der Waals surface area contributed by atoms with E-state index in [0.717, 1.165) is 18.6 Å². The molecule has 19 heavy (non-hydrogen) atoms. The monoisotopic (exact) mass is 273 g/mol. The third kappa shape index (κ3) is 2.89. The highest BCUT2D eigenvalue weighted by Gasteiger charge is 2.28. The Balaban J connectivity index is 2.20. The molecule has 104 valence electrons. The highest BCUT2D eigenvalue weighted by atomic mass is 19.2. The fourth-order valence-electron chi connectivity index (χ4n) is 2.30. The molecule has 6 heteroatoms. The minimum absolute atomic E-state index is 0.296. The van der Waals surface area contributed by atoms with Gasteiger partial charge in [0.1, 0.15) is 6.04 Å². The molecule has 1 saturated heterocycles. The molecule has 1 fully saturated rings. The average Bonchev–Trinajstić information content (AvgIpc) is 2.43. The second-order valence-electron chi connectivity index (χ2n) is 4.52. The number of piperidine rings is 1. The number of rotatable bonds is 2. The molecule has 0 radical (unpaired) electrons. The predicted molar refractivity (Wildman–Crippen MR) is 61.8 cm³/mol. The summed E-state index contributed by atoms with van der Waals surface area (Å²) in [6.07, 6.45) is 1.95. The van der Waals surface area contributed by atoms with Gasteiger partial charge in [-0.2, -0.15) is 0 Å². The van der Waals surface area contributed by atoms with Crippen LogP contribution in [0.1, 0.15) is 30.9 Å². The highest BCUT2D eigenvalue weighted by molar-refractivity contribution is 5.75. The van der Waals surface area contributed by atoms with Crippen LogP contribution in [0, 0.1) is 17.5 Å². The molecule has 1 aliphatic rings. The quantitative estimate of drug-likeness (QED) is 0.664. The smallest absolute Gasteiger partial charge is 0.322 e. The summed E-state index contributed by atoms with van der Waals surface area (Å²) in [7, 11) is 1.28. The second-order valence-corrected chi connectivity index (χ2v) is 4.52. The van der Waals surface area contributed by atoms with Gasteiger partial charge in [-0.3, -0.25) is 10.1 Å². The zero-order valence-electron chi connectivity index (χ0n) is 10.4. The first-order chi connectivity index (χ1) is 9.02. The van der Waals surface area contributed by atoms with Crippen molar-refractivity contribution < 1.29 is 22.7 Å². The summed E-state index contributed by atoms with van der Waals surface area (Å²) < 4.78 is 43.9. The summed E-state index contributed by atoms with van der Waals surface area (Å²) in [4.78, 5) is 11.4. The highest BCUT2D eigenvalue weighted by Crippen LogP contribution is 2.28. The van der Waals surface area contributed by atoms with Crippen molar-refractivity contribution in [3.8, 4) is 0 Å². The summed E-state index contributed by atoms with van der Waals surface area (Å²) in [5.74, 6) is -4.34. The fourth-order valence-corrected chi connectivity index (χ4v) is 2.30. The number of halogens is 3. The summed E-state index contributed by atoms with van der Waals surface area (Å²) in [6.45, 7) is 0. The van der Waals surface area contributed by atoms with Gasteiger partial charge in [-0.15, -0.1) is 0 Å². The summed E-state index contributed by atoms with van der Waals surface area (Å²) in [5, 5.41) is 2.96. The third-order valence-electron chi connectivity index (χ3n) is 3.28. The molecular formula is C13H14F3NO2. The van der Waals surface area contributed by atoms with Gasteiger partial charge in [-0.25, -0.2) is 13.2 Å². The molecule has 0 amide bonds. The van der Waals surface area contributed by atoms with Crippen molar-refractivity contribution in [3.63, 3.8) is 0 Å². The zero-order chi connectivity index (χ0) is 14.0. The number of methoxy groups -OCH3 is 1. The molecule has 1 aromatic carbocycles. The molecule has 1 N–H and O–H groups in total. The lowest BCUT2D eigenvalue weighted by molar-refractivity contribution is -0.144. The number of carbonyl (C=O) groups is 1. The zero-order valence-corrected chi connectivity index (χ0v) is 10.4. The van der Waals surface area contributed by atoms with Crippen LogP contribution in [0.2, 0.25) is 0 Å². The van der Waals surface area contributed by atoms with E-state index in [9.17, 15) is 18.0 Å². The minimum Gasteiger partial charge on any atom is -0.468 e. The molecular weight excluding hydrogens is 259 g/mol. The van der Waals surface area contributed by atoms with E-state index in [2.05, 4.69) is 10.1 Å². The van der Waals surface area contributed by atoms with E-state index in [0.29, 0.717) is 18.4 Å². The molecule has 0 spiro atoms. The largest absolute Gasteiger partial charge is 0.468 e. The average molecular weight is 273 g/mol. The van der Waals surface area contributed by atoms with Crippen LogP contribution >= 0.6 is 0 Å². The van der Waals surface area contributed by atoms with Gasteiger partial charge in [0.2, 0.25) is 0 Å². The molecule has 0 aromatic heterocycles. The maximum absolute atomic E-state index is 13.2. The van der Waals surface area contributed by atoms with Gasteiger partial charge >= 0.3 is 5.97 Å². The van der Waals surface area contributed by atoms with Crippen LogP contribution in [0.15, 0.2) is 12.1 Å². The Labute approximate surface area is 108 Å². The number of benzene rings is 1. The Morgan fingerprint density at radius 3 is 2.47 bits per heavy atom. The van der Waals surface area contributed by atoms with Crippen LogP contribution in [0.4, 0.5) is 13.2 Å². The van der Waals surface area contributed by atoms with Crippen LogP contribution < -0.4 is 5.32 Å². The van der Waals surface area contributed by atoms with Gasteiger partial charge in [0.25, 0.3) is 0 Å². The molecule has 0 bridgehead atoms. The third-order valence-corrected chi connectivity index (χ3v) is 3.28. The van der Waals surface area contributed by atoms with Crippen LogP contribution in [0.25, 0.3) is 0 Å². The van der Waals surface area contributed by atoms with Crippen molar-refractivity contribution in [1.82, 2.24) is 5.32 Å². The molecule has 2 unspecified atom stereocenters. The number of hydrogen-bond acceptors (Lipinski definition) is 3. The second kappa shape index (κ2) is 5.61. The van der Waals surface area contributed by atoms with Crippen molar-refractivity contribution in [1.29, 1.82) is 0 Å². The SMILES string of the molecule is COC(=O)C1CCCC(c2cc(F)c(F)c(F)c2)N1. The van der Waals surface area contributed by atoms with E-state index in [4.69, 9.17) is 0 Å². The van der Waals surface area contributed by atoms with Gasteiger partial charge in [-0.1, -0.05) is 0 Å². The Kier molecular flexibility index (Phi) is 4.09. The Morgan fingerprint density at radius 2 is 1.89 bits per heavy atom. The first-order valence-electron chi connectivity index (χ1n) is 6.01. The summed E-state index contributed by atoms with van der Waals surface area (Å²) in [5.41, 5.74) is 0.296. The van der Waals surface area contributed by atoms with E-state index in [1.807, 2.05) is 0 Å². The molecule has 1 aromatic rings. The maximum Gasteiger partial charge on any atom is 0.322 e. The topological polar surface area (TPSA) is 38.3 Å². The van der Waals surface area contributed by atoms with Gasteiger partial charge in [0.15, 0.2) is 17.5 Å². The van der Waals surface area contributed by atoms with E-state index in [1.165, 1.54) is 7.11 Å². The van der Waals surface area contributed by atoms with Crippen molar-refractivity contribution in [2.75, 3.05) is 7.11 Å². The van der Waals surface area contributed by atoms with E-state index in [-0.39, 0.29) is 6.04 Å². The first kappa shape index (κ1) is 13.9. The number of hydrogen-bond donors (Lipinski definition) is 1. The van der Waals surface area contributed by atoms with Gasteiger partial charge in [0, 0.05) is 6.04 Å².